The van der Waals surface area contributed by atoms with Gasteiger partial charge in [0.1, 0.15) is 25.4 Å². The molecule has 0 unspecified atom stereocenters. The zero-order valence-corrected chi connectivity index (χ0v) is 24.5. The van der Waals surface area contributed by atoms with Crippen LogP contribution in [0.1, 0.15) is 31.9 Å². The van der Waals surface area contributed by atoms with Gasteiger partial charge in [-0.3, -0.25) is 35.7 Å². The van der Waals surface area contributed by atoms with Gasteiger partial charge in [0, 0.05) is 37.4 Å². The molecule has 3 N–H and O–H groups in total. The fraction of sp³-hybridized carbons (Fsp3) is 0.370. The molecule has 3 rings (SSSR count). The first-order valence-corrected chi connectivity index (χ1v) is 13.3. The number of nitro benzene ring substituents is 2. The Bertz CT molecular complexity index is 1370. The lowest BCUT2D eigenvalue weighted by Gasteiger charge is -2.39. The van der Waals surface area contributed by atoms with E-state index < -0.39 is 52.1 Å². The van der Waals surface area contributed by atoms with Crippen LogP contribution in [-0.4, -0.2) is 76.2 Å². The summed E-state index contributed by atoms with van der Waals surface area (Å²) < 4.78 is 15.4. The molecule has 0 bridgehead atoms. The quantitative estimate of drug-likeness (QED) is 0.120. The van der Waals surface area contributed by atoms with E-state index in [1.807, 2.05) is 0 Å². The molecule has 1 aliphatic rings. The highest BCUT2D eigenvalue weighted by Gasteiger charge is 2.34. The van der Waals surface area contributed by atoms with E-state index in [1.165, 1.54) is 53.4 Å². The molecule has 2 aromatic rings. The number of ether oxygens (including phenoxy) is 3. The van der Waals surface area contributed by atoms with Crippen LogP contribution in [0.3, 0.4) is 0 Å². The summed E-state index contributed by atoms with van der Waals surface area (Å²) >= 11 is 0. The Morgan fingerprint density at radius 3 is 1.69 bits per heavy atom. The summed E-state index contributed by atoms with van der Waals surface area (Å²) in [5.41, 5.74) is -0.0868. The zero-order chi connectivity index (χ0) is 33.1. The maximum atomic E-state index is 12.5. The maximum absolute atomic E-state index is 12.5. The van der Waals surface area contributed by atoms with E-state index in [0.29, 0.717) is 11.1 Å². The number of alkyl carbamates (subject to hydrolysis) is 2. The molecule has 45 heavy (non-hydrogen) atoms. The normalized spacial score (nSPS) is 12.6. The second kappa shape index (κ2) is 15.1. The van der Waals surface area contributed by atoms with Crippen LogP contribution < -0.4 is 16.0 Å². The standard InChI is InChI=1S/C27H31N7O11/c1-27(2,3)45-26(38)32-13-19(14-32)29-22(35)12-28-23(30-24(36)43-15-17-4-8-20(9-5-17)33(39)40)31-25(37)44-16-18-6-10-21(11-7-18)34(41)42/h4-11,19H,12-16H2,1-3H3,(H,29,35)(H2,28,30,31,36,37). The molecule has 18 heteroatoms. The van der Waals surface area contributed by atoms with Gasteiger partial charge in [-0.05, 0) is 56.2 Å². The Morgan fingerprint density at radius 2 is 1.29 bits per heavy atom. The molecule has 0 saturated carbocycles. The Labute approximate surface area is 256 Å². The first-order chi connectivity index (χ1) is 21.2. The van der Waals surface area contributed by atoms with Crippen LogP contribution >= 0.6 is 0 Å². The molecule has 1 aliphatic heterocycles. The van der Waals surface area contributed by atoms with Gasteiger partial charge < -0.3 is 24.4 Å². The molecule has 4 amide bonds. The summed E-state index contributed by atoms with van der Waals surface area (Å²) in [7, 11) is 0. The van der Waals surface area contributed by atoms with Gasteiger partial charge in [0.2, 0.25) is 11.9 Å². The predicted octanol–water partition coefficient (Wildman–Crippen LogP) is 2.75. The van der Waals surface area contributed by atoms with Crippen molar-refractivity contribution in [2.75, 3.05) is 19.6 Å². The fourth-order valence-corrected chi connectivity index (χ4v) is 3.57. The summed E-state index contributed by atoms with van der Waals surface area (Å²) in [4.78, 5) is 75.1. The third kappa shape index (κ3) is 11.4. The number of benzene rings is 2. The second-order valence-corrected chi connectivity index (χ2v) is 10.6. The van der Waals surface area contributed by atoms with Crippen LogP contribution in [0.4, 0.5) is 25.8 Å². The highest BCUT2D eigenvalue weighted by atomic mass is 16.6. The van der Waals surface area contributed by atoms with Crippen molar-refractivity contribution >= 4 is 41.5 Å². The van der Waals surface area contributed by atoms with E-state index in [1.54, 1.807) is 20.8 Å². The number of non-ortho nitro benzene ring substituents is 2. The number of carbonyl (C=O) groups excluding carboxylic acids is 4. The number of carbonyl (C=O) groups is 4. The van der Waals surface area contributed by atoms with Crippen molar-refractivity contribution in [1.29, 1.82) is 0 Å². The van der Waals surface area contributed by atoms with Gasteiger partial charge in [0.25, 0.3) is 11.4 Å². The largest absolute Gasteiger partial charge is 0.444 e. The van der Waals surface area contributed by atoms with Crippen molar-refractivity contribution in [1.82, 2.24) is 20.9 Å². The third-order valence-electron chi connectivity index (χ3n) is 5.75. The molecule has 0 atom stereocenters. The topological polar surface area (TPSA) is 234 Å². The average Bonchev–Trinajstić information content (AvgIpc) is 2.94. The second-order valence-electron chi connectivity index (χ2n) is 10.6. The molecule has 2 aromatic carbocycles. The Balaban J connectivity index is 1.56. The van der Waals surface area contributed by atoms with Gasteiger partial charge in [0.15, 0.2) is 0 Å². The van der Waals surface area contributed by atoms with Crippen LogP contribution in [0.15, 0.2) is 53.5 Å². The minimum absolute atomic E-state index is 0.146. The molecule has 1 fully saturated rings. The summed E-state index contributed by atoms with van der Waals surface area (Å²) in [5, 5.41) is 28.7. The van der Waals surface area contributed by atoms with E-state index in [0.717, 1.165) is 0 Å². The molecular formula is C27H31N7O11. The predicted molar refractivity (Wildman–Crippen MR) is 155 cm³/mol. The molecule has 1 saturated heterocycles. The van der Waals surface area contributed by atoms with E-state index in [4.69, 9.17) is 14.2 Å². The highest BCUT2D eigenvalue weighted by Crippen LogP contribution is 2.16. The number of guanidine groups is 1. The number of likely N-dealkylation sites (tertiary alicyclic amines) is 1. The minimum Gasteiger partial charge on any atom is -0.444 e. The highest BCUT2D eigenvalue weighted by molar-refractivity contribution is 6.02. The number of amides is 4. The van der Waals surface area contributed by atoms with Gasteiger partial charge in [0.05, 0.1) is 15.9 Å². The minimum atomic E-state index is -1.07. The molecule has 1 heterocycles. The molecule has 0 spiro atoms. The monoisotopic (exact) mass is 629 g/mol. The third-order valence-corrected chi connectivity index (χ3v) is 5.75. The van der Waals surface area contributed by atoms with Gasteiger partial charge in [-0.15, -0.1) is 0 Å². The van der Waals surface area contributed by atoms with Crippen molar-refractivity contribution in [2.45, 2.75) is 45.6 Å². The zero-order valence-electron chi connectivity index (χ0n) is 24.5. The molecule has 240 valence electrons. The molecule has 0 radical (unpaired) electrons. The van der Waals surface area contributed by atoms with Crippen LogP contribution in [0.25, 0.3) is 0 Å². The SMILES string of the molecule is CC(C)(C)OC(=O)N1CC(NC(=O)CN=C(NC(=O)OCc2ccc([N+](=O)[O-])cc2)NC(=O)OCc2ccc([N+](=O)[O-])cc2)C1. The van der Waals surface area contributed by atoms with Gasteiger partial charge in [-0.2, -0.15) is 0 Å². The number of nitro groups is 2. The lowest BCUT2D eigenvalue weighted by atomic mass is 10.1. The first kappa shape index (κ1) is 33.7. The van der Waals surface area contributed by atoms with Gasteiger partial charge in [-0.25, -0.2) is 19.4 Å². The van der Waals surface area contributed by atoms with Crippen molar-refractivity contribution in [3.05, 3.63) is 79.9 Å². The lowest BCUT2D eigenvalue weighted by molar-refractivity contribution is -0.385. The molecule has 18 nitrogen and oxygen atoms in total. The van der Waals surface area contributed by atoms with Gasteiger partial charge in [-0.1, -0.05) is 0 Å². The van der Waals surface area contributed by atoms with Crippen LogP contribution in [-0.2, 0) is 32.2 Å². The maximum Gasteiger partial charge on any atom is 0.414 e. The van der Waals surface area contributed by atoms with Gasteiger partial charge >= 0.3 is 18.3 Å². The molecule has 0 aromatic heterocycles. The molecular weight excluding hydrogens is 598 g/mol. The van der Waals surface area contributed by atoms with Crippen molar-refractivity contribution in [3.63, 3.8) is 0 Å². The van der Waals surface area contributed by atoms with Crippen LogP contribution in [0.5, 0.6) is 0 Å². The summed E-state index contributed by atoms with van der Waals surface area (Å²) in [6, 6.07) is 10.2. The lowest BCUT2D eigenvalue weighted by Crippen LogP contribution is -2.61. The van der Waals surface area contributed by atoms with Crippen LogP contribution in [0, 0.1) is 20.2 Å². The number of nitrogens with one attached hydrogen (secondary N) is 3. The Morgan fingerprint density at radius 1 is 0.844 bits per heavy atom. The van der Waals surface area contributed by atoms with Crippen molar-refractivity contribution < 1.29 is 43.2 Å². The molecule has 0 aliphatic carbocycles. The summed E-state index contributed by atoms with van der Waals surface area (Å²) in [6.45, 7) is 4.55. The average molecular weight is 630 g/mol. The Kier molecular flexibility index (Phi) is 11.3. The summed E-state index contributed by atoms with van der Waals surface area (Å²) in [6.07, 6.45) is -2.66. The fourth-order valence-electron chi connectivity index (χ4n) is 3.57. The summed E-state index contributed by atoms with van der Waals surface area (Å²) in [5.74, 6) is -1.07. The van der Waals surface area contributed by atoms with E-state index in [2.05, 4.69) is 20.9 Å². The number of nitrogens with zero attached hydrogens (tertiary/aromatic N) is 4. The van der Waals surface area contributed by atoms with Crippen LogP contribution in [0.2, 0.25) is 0 Å². The smallest absolute Gasteiger partial charge is 0.414 e. The first-order valence-electron chi connectivity index (χ1n) is 13.3. The number of aliphatic imine (C=N–C) groups is 1. The Hall–Kier alpha value is -5.81. The number of hydrogen-bond acceptors (Lipinski definition) is 12. The number of hydrogen-bond donors (Lipinski definition) is 3. The van der Waals surface area contributed by atoms with Crippen molar-refractivity contribution in [3.8, 4) is 0 Å². The number of rotatable bonds is 9. The van der Waals surface area contributed by atoms with E-state index >= 15 is 0 Å². The van der Waals surface area contributed by atoms with Crippen molar-refractivity contribution in [2.24, 2.45) is 4.99 Å². The van der Waals surface area contributed by atoms with E-state index in [9.17, 15) is 39.4 Å². The van der Waals surface area contributed by atoms with E-state index in [-0.39, 0.29) is 43.7 Å².